The molecular weight excluding hydrogens is 384 g/mol. The van der Waals surface area contributed by atoms with E-state index in [4.69, 9.17) is 14.2 Å². The van der Waals surface area contributed by atoms with Gasteiger partial charge in [0.25, 0.3) is 5.91 Å². The first-order valence-corrected chi connectivity index (χ1v) is 9.89. The summed E-state index contributed by atoms with van der Waals surface area (Å²) >= 11 is 0. The van der Waals surface area contributed by atoms with Crippen LogP contribution < -0.4 is 14.8 Å². The quantitative estimate of drug-likeness (QED) is 0.595. The Kier molecular flexibility index (Phi) is 6.24. The van der Waals surface area contributed by atoms with Crippen molar-refractivity contribution in [2.45, 2.75) is 25.5 Å². The Morgan fingerprint density at radius 2 is 1.93 bits per heavy atom. The summed E-state index contributed by atoms with van der Waals surface area (Å²) in [6, 6.07) is 14.5. The number of hydrogen-bond acceptors (Lipinski definition) is 6. The molecule has 0 radical (unpaired) electrons. The zero-order chi connectivity index (χ0) is 20.8. The number of carbonyl (C=O) groups is 1. The van der Waals surface area contributed by atoms with Gasteiger partial charge in [-0.1, -0.05) is 0 Å². The van der Waals surface area contributed by atoms with E-state index in [1.54, 1.807) is 31.4 Å². The summed E-state index contributed by atoms with van der Waals surface area (Å²) in [5, 5.41) is 9.90. The standard InChI is InChI=1S/C22H24N4O4/c1-28-17-8-4-15(5-9-17)21-24-20(25-26-21)13-23-22(27)16-6-10-18(11-7-16)30-14-19-3-2-12-29-19/h4-11,19H,2-3,12-14H2,1H3,(H,23,27)(H,24,25,26). The van der Waals surface area contributed by atoms with Crippen LogP contribution >= 0.6 is 0 Å². The summed E-state index contributed by atoms with van der Waals surface area (Å²) in [6.07, 6.45) is 2.28. The topological polar surface area (TPSA) is 98.4 Å². The lowest BCUT2D eigenvalue weighted by molar-refractivity contribution is 0.0679. The second-order valence-corrected chi connectivity index (χ2v) is 6.99. The summed E-state index contributed by atoms with van der Waals surface area (Å²) in [5.74, 6) is 2.44. The van der Waals surface area contributed by atoms with Gasteiger partial charge >= 0.3 is 0 Å². The molecule has 1 amide bonds. The van der Waals surface area contributed by atoms with Crippen LogP contribution in [-0.4, -0.2) is 47.5 Å². The third kappa shape index (κ3) is 4.96. The molecule has 156 valence electrons. The van der Waals surface area contributed by atoms with Gasteiger partial charge < -0.3 is 19.5 Å². The van der Waals surface area contributed by atoms with Crippen LogP contribution in [0.2, 0.25) is 0 Å². The van der Waals surface area contributed by atoms with Crippen LogP contribution in [0.15, 0.2) is 48.5 Å². The first-order valence-electron chi connectivity index (χ1n) is 9.89. The number of rotatable bonds is 8. The second kappa shape index (κ2) is 9.41. The predicted molar refractivity (Wildman–Crippen MR) is 110 cm³/mol. The molecule has 2 heterocycles. The number of hydrogen-bond donors (Lipinski definition) is 2. The number of aromatic amines is 1. The molecule has 0 aliphatic carbocycles. The summed E-state index contributed by atoms with van der Waals surface area (Å²) in [6.45, 7) is 1.59. The van der Waals surface area contributed by atoms with Crippen LogP contribution in [0.25, 0.3) is 11.4 Å². The van der Waals surface area contributed by atoms with Gasteiger partial charge in [-0.3, -0.25) is 9.89 Å². The second-order valence-electron chi connectivity index (χ2n) is 6.99. The number of nitrogens with one attached hydrogen (secondary N) is 2. The van der Waals surface area contributed by atoms with E-state index in [-0.39, 0.29) is 18.6 Å². The molecule has 8 nitrogen and oxygen atoms in total. The van der Waals surface area contributed by atoms with Crippen molar-refractivity contribution in [1.82, 2.24) is 20.5 Å². The van der Waals surface area contributed by atoms with E-state index in [0.717, 1.165) is 36.5 Å². The van der Waals surface area contributed by atoms with E-state index in [1.165, 1.54) is 0 Å². The van der Waals surface area contributed by atoms with Crippen LogP contribution in [0.1, 0.15) is 29.0 Å². The van der Waals surface area contributed by atoms with E-state index in [1.807, 2.05) is 24.3 Å². The minimum Gasteiger partial charge on any atom is -0.497 e. The maximum absolute atomic E-state index is 12.4. The molecule has 1 fully saturated rings. The van der Waals surface area contributed by atoms with Gasteiger partial charge in [0.05, 0.1) is 19.8 Å². The van der Waals surface area contributed by atoms with Gasteiger partial charge in [-0.15, -0.1) is 0 Å². The Hall–Kier alpha value is -3.39. The molecule has 1 unspecified atom stereocenters. The van der Waals surface area contributed by atoms with Gasteiger partial charge in [-0.2, -0.15) is 5.10 Å². The highest BCUT2D eigenvalue weighted by Crippen LogP contribution is 2.19. The molecule has 2 aromatic carbocycles. The maximum Gasteiger partial charge on any atom is 0.251 e. The molecule has 0 spiro atoms. The Labute approximate surface area is 174 Å². The Morgan fingerprint density at radius 3 is 2.63 bits per heavy atom. The molecule has 8 heteroatoms. The fourth-order valence-electron chi connectivity index (χ4n) is 3.18. The monoisotopic (exact) mass is 408 g/mol. The van der Waals surface area contributed by atoms with Crippen LogP contribution in [-0.2, 0) is 11.3 Å². The normalized spacial score (nSPS) is 15.7. The number of ether oxygens (including phenoxy) is 3. The summed E-state index contributed by atoms with van der Waals surface area (Å²) in [5.41, 5.74) is 1.41. The van der Waals surface area contributed by atoms with E-state index in [0.29, 0.717) is 23.8 Å². The van der Waals surface area contributed by atoms with Gasteiger partial charge in [0.1, 0.15) is 23.9 Å². The fraction of sp³-hybridized carbons (Fsp3) is 0.318. The molecule has 2 N–H and O–H groups in total. The van der Waals surface area contributed by atoms with Crippen LogP contribution in [0.3, 0.4) is 0 Å². The molecule has 1 aliphatic heterocycles. The van der Waals surface area contributed by atoms with Crippen molar-refractivity contribution in [2.75, 3.05) is 20.3 Å². The highest BCUT2D eigenvalue weighted by molar-refractivity contribution is 5.94. The summed E-state index contributed by atoms with van der Waals surface area (Å²) in [4.78, 5) is 16.8. The first-order chi connectivity index (χ1) is 14.7. The van der Waals surface area contributed by atoms with E-state index in [9.17, 15) is 4.79 Å². The minimum atomic E-state index is -0.192. The van der Waals surface area contributed by atoms with Crippen LogP contribution in [0.4, 0.5) is 0 Å². The molecule has 1 saturated heterocycles. The number of nitrogens with zero attached hydrogens (tertiary/aromatic N) is 2. The lowest BCUT2D eigenvalue weighted by atomic mass is 10.2. The van der Waals surface area contributed by atoms with E-state index >= 15 is 0 Å². The van der Waals surface area contributed by atoms with Crippen LogP contribution in [0, 0.1) is 0 Å². The van der Waals surface area contributed by atoms with Gasteiger partial charge in [-0.05, 0) is 61.4 Å². The predicted octanol–water partition coefficient (Wildman–Crippen LogP) is 2.97. The highest BCUT2D eigenvalue weighted by Gasteiger charge is 2.16. The number of aromatic nitrogens is 3. The summed E-state index contributed by atoms with van der Waals surface area (Å²) < 4.78 is 16.4. The molecule has 1 aliphatic rings. The number of H-pyrrole nitrogens is 1. The van der Waals surface area contributed by atoms with Gasteiger partial charge in [-0.25, -0.2) is 4.98 Å². The third-order valence-corrected chi connectivity index (χ3v) is 4.87. The molecule has 0 bridgehead atoms. The molecule has 3 aromatic rings. The van der Waals surface area contributed by atoms with Crippen molar-refractivity contribution in [2.24, 2.45) is 0 Å². The molecule has 4 rings (SSSR count). The van der Waals surface area contributed by atoms with Crippen molar-refractivity contribution in [3.05, 3.63) is 59.9 Å². The maximum atomic E-state index is 12.4. The van der Waals surface area contributed by atoms with E-state index < -0.39 is 0 Å². The number of benzene rings is 2. The number of carbonyl (C=O) groups excluding carboxylic acids is 1. The van der Waals surface area contributed by atoms with Gasteiger partial charge in [0, 0.05) is 17.7 Å². The first kappa shape index (κ1) is 19.9. The van der Waals surface area contributed by atoms with Crippen molar-refractivity contribution in [3.63, 3.8) is 0 Å². The van der Waals surface area contributed by atoms with Gasteiger partial charge in [0.2, 0.25) is 0 Å². The third-order valence-electron chi connectivity index (χ3n) is 4.87. The van der Waals surface area contributed by atoms with Crippen molar-refractivity contribution in [3.8, 4) is 22.9 Å². The highest BCUT2D eigenvalue weighted by atomic mass is 16.5. The Bertz CT molecular complexity index is 964. The zero-order valence-electron chi connectivity index (χ0n) is 16.8. The molecular formula is C22H24N4O4. The minimum absolute atomic E-state index is 0.165. The smallest absolute Gasteiger partial charge is 0.251 e. The largest absolute Gasteiger partial charge is 0.497 e. The molecule has 1 atom stereocenters. The number of amides is 1. The Morgan fingerprint density at radius 1 is 1.17 bits per heavy atom. The molecule has 1 aromatic heterocycles. The average Bonchev–Trinajstić information content (AvgIpc) is 3.49. The average molecular weight is 408 g/mol. The molecule has 0 saturated carbocycles. The molecule has 30 heavy (non-hydrogen) atoms. The van der Waals surface area contributed by atoms with E-state index in [2.05, 4.69) is 20.5 Å². The number of methoxy groups -OCH3 is 1. The van der Waals surface area contributed by atoms with Crippen molar-refractivity contribution in [1.29, 1.82) is 0 Å². The van der Waals surface area contributed by atoms with Crippen molar-refractivity contribution >= 4 is 5.91 Å². The van der Waals surface area contributed by atoms with Crippen LogP contribution in [0.5, 0.6) is 11.5 Å². The fourth-order valence-corrected chi connectivity index (χ4v) is 3.18. The lowest BCUT2D eigenvalue weighted by Gasteiger charge is -2.11. The Balaban J connectivity index is 1.28. The lowest BCUT2D eigenvalue weighted by Crippen LogP contribution is -2.23. The van der Waals surface area contributed by atoms with Gasteiger partial charge in [0.15, 0.2) is 5.82 Å². The zero-order valence-corrected chi connectivity index (χ0v) is 16.8. The summed E-state index contributed by atoms with van der Waals surface area (Å²) in [7, 11) is 1.62. The van der Waals surface area contributed by atoms with Crippen molar-refractivity contribution < 1.29 is 19.0 Å². The SMILES string of the molecule is COc1ccc(-c2n[nH]c(CNC(=O)c3ccc(OCC4CCCO4)cc3)n2)cc1.